The lowest BCUT2D eigenvalue weighted by Crippen LogP contribution is -2.48. The molecular formula is C20H21N3O4S. The molecule has 0 radical (unpaired) electrons. The molecule has 1 amide bonds. The monoisotopic (exact) mass is 399 g/mol. The van der Waals surface area contributed by atoms with Crippen molar-refractivity contribution in [3.05, 3.63) is 47.7 Å². The van der Waals surface area contributed by atoms with Crippen LogP contribution in [0.1, 0.15) is 10.6 Å². The van der Waals surface area contributed by atoms with Crippen LogP contribution in [0.25, 0.3) is 11.3 Å². The second kappa shape index (κ2) is 7.93. The van der Waals surface area contributed by atoms with Crippen LogP contribution in [-0.2, 0) is 0 Å². The lowest BCUT2D eigenvalue weighted by atomic mass is 10.1. The van der Waals surface area contributed by atoms with Gasteiger partial charge in [-0.15, -0.1) is 11.3 Å². The molecule has 0 unspecified atom stereocenters. The third kappa shape index (κ3) is 3.55. The second-order valence-electron chi connectivity index (χ2n) is 6.34. The highest BCUT2D eigenvalue weighted by Crippen LogP contribution is 2.36. The van der Waals surface area contributed by atoms with Crippen molar-refractivity contribution in [2.75, 3.05) is 45.3 Å². The van der Waals surface area contributed by atoms with Crippen molar-refractivity contribution in [2.45, 2.75) is 0 Å². The Morgan fingerprint density at radius 1 is 1.14 bits per heavy atom. The van der Waals surface area contributed by atoms with Gasteiger partial charge in [0.15, 0.2) is 10.9 Å². The first-order valence-corrected chi connectivity index (χ1v) is 9.83. The van der Waals surface area contributed by atoms with Gasteiger partial charge in [-0.05, 0) is 30.3 Å². The average Bonchev–Trinajstić information content (AvgIpc) is 3.45. The summed E-state index contributed by atoms with van der Waals surface area (Å²) in [4.78, 5) is 21.2. The highest BCUT2D eigenvalue weighted by atomic mass is 32.1. The van der Waals surface area contributed by atoms with Crippen molar-refractivity contribution >= 4 is 22.4 Å². The van der Waals surface area contributed by atoms with Gasteiger partial charge in [0.1, 0.15) is 11.5 Å². The maximum Gasteiger partial charge on any atom is 0.289 e. The van der Waals surface area contributed by atoms with Gasteiger partial charge in [0, 0.05) is 37.1 Å². The third-order valence-electron chi connectivity index (χ3n) is 4.74. The number of hydrogen-bond acceptors (Lipinski definition) is 7. The number of amides is 1. The van der Waals surface area contributed by atoms with Crippen LogP contribution in [0, 0.1) is 0 Å². The summed E-state index contributed by atoms with van der Waals surface area (Å²) in [5.74, 6) is 1.84. The summed E-state index contributed by atoms with van der Waals surface area (Å²) in [6.07, 6.45) is 1.52. The fourth-order valence-electron chi connectivity index (χ4n) is 3.20. The van der Waals surface area contributed by atoms with Crippen LogP contribution in [0.4, 0.5) is 5.13 Å². The summed E-state index contributed by atoms with van der Waals surface area (Å²) in [5.41, 5.74) is 1.75. The van der Waals surface area contributed by atoms with E-state index in [1.165, 1.54) is 6.26 Å². The van der Waals surface area contributed by atoms with Gasteiger partial charge in [-0.25, -0.2) is 4.98 Å². The molecule has 0 saturated carbocycles. The molecular weight excluding hydrogens is 378 g/mol. The first-order valence-electron chi connectivity index (χ1n) is 8.95. The highest BCUT2D eigenvalue weighted by Gasteiger charge is 2.25. The van der Waals surface area contributed by atoms with Crippen LogP contribution in [0.15, 0.2) is 46.4 Å². The predicted molar refractivity (Wildman–Crippen MR) is 107 cm³/mol. The zero-order valence-corrected chi connectivity index (χ0v) is 16.6. The summed E-state index contributed by atoms with van der Waals surface area (Å²) in [7, 11) is 3.29. The number of nitrogens with zero attached hydrogens (tertiary/aromatic N) is 3. The SMILES string of the molecule is COc1ccc(OC)c(-c2csc(N3CCN(C(=O)c4ccco4)CC3)n2)c1. The van der Waals surface area contributed by atoms with E-state index in [1.807, 2.05) is 28.5 Å². The van der Waals surface area contributed by atoms with E-state index in [9.17, 15) is 4.79 Å². The molecule has 0 N–H and O–H groups in total. The quantitative estimate of drug-likeness (QED) is 0.655. The fourth-order valence-corrected chi connectivity index (χ4v) is 4.08. The van der Waals surface area contributed by atoms with Gasteiger partial charge in [-0.1, -0.05) is 0 Å². The van der Waals surface area contributed by atoms with Crippen molar-refractivity contribution in [3.63, 3.8) is 0 Å². The van der Waals surface area contributed by atoms with Crippen molar-refractivity contribution in [1.29, 1.82) is 0 Å². The number of piperazine rings is 1. The largest absolute Gasteiger partial charge is 0.497 e. The molecule has 0 bridgehead atoms. The summed E-state index contributed by atoms with van der Waals surface area (Å²) in [6.45, 7) is 2.73. The van der Waals surface area contributed by atoms with Crippen LogP contribution in [-0.4, -0.2) is 56.2 Å². The molecule has 28 heavy (non-hydrogen) atoms. The molecule has 146 valence electrons. The molecule has 7 nitrogen and oxygen atoms in total. The summed E-state index contributed by atoms with van der Waals surface area (Å²) < 4.78 is 16.0. The number of furan rings is 1. The maximum absolute atomic E-state index is 12.4. The Morgan fingerprint density at radius 2 is 1.96 bits per heavy atom. The van der Waals surface area contributed by atoms with Crippen LogP contribution >= 0.6 is 11.3 Å². The molecule has 1 aliphatic rings. The first kappa shape index (κ1) is 18.4. The Bertz CT molecular complexity index is 946. The standard InChI is InChI=1S/C20H21N3O4S/c1-25-14-5-6-17(26-2)15(12-14)16-13-28-20(21-16)23-9-7-22(8-10-23)19(24)18-4-3-11-27-18/h3-6,11-13H,7-10H2,1-2H3. The maximum atomic E-state index is 12.4. The zero-order valence-electron chi connectivity index (χ0n) is 15.8. The highest BCUT2D eigenvalue weighted by molar-refractivity contribution is 7.14. The molecule has 4 rings (SSSR count). The summed E-state index contributed by atoms with van der Waals surface area (Å²) in [5, 5.41) is 2.96. The van der Waals surface area contributed by atoms with Gasteiger partial charge in [0.25, 0.3) is 5.91 Å². The normalized spacial score (nSPS) is 14.2. The number of hydrogen-bond donors (Lipinski definition) is 0. The van der Waals surface area contributed by atoms with E-state index in [1.54, 1.807) is 37.7 Å². The molecule has 1 saturated heterocycles. The van der Waals surface area contributed by atoms with E-state index in [0.717, 1.165) is 41.0 Å². The Hall–Kier alpha value is -3.00. The molecule has 2 aromatic heterocycles. The Morgan fingerprint density at radius 3 is 2.64 bits per heavy atom. The van der Waals surface area contributed by atoms with E-state index >= 15 is 0 Å². The Kier molecular flexibility index (Phi) is 5.21. The number of carbonyl (C=O) groups is 1. The van der Waals surface area contributed by atoms with Crippen molar-refractivity contribution < 1.29 is 18.7 Å². The van der Waals surface area contributed by atoms with E-state index < -0.39 is 0 Å². The van der Waals surface area contributed by atoms with Crippen LogP contribution in [0.3, 0.4) is 0 Å². The topological polar surface area (TPSA) is 68.0 Å². The first-order chi connectivity index (χ1) is 13.7. The third-order valence-corrected chi connectivity index (χ3v) is 5.65. The van der Waals surface area contributed by atoms with Gasteiger partial charge in [0.2, 0.25) is 0 Å². The summed E-state index contributed by atoms with van der Waals surface area (Å²) in [6, 6.07) is 9.10. The minimum atomic E-state index is -0.0643. The minimum absolute atomic E-state index is 0.0643. The van der Waals surface area contributed by atoms with E-state index in [0.29, 0.717) is 18.8 Å². The van der Waals surface area contributed by atoms with Crippen LogP contribution in [0.2, 0.25) is 0 Å². The molecule has 0 atom stereocenters. The molecule has 0 aliphatic carbocycles. The number of aromatic nitrogens is 1. The van der Waals surface area contributed by atoms with Gasteiger partial charge in [0.05, 0.1) is 26.2 Å². The number of methoxy groups -OCH3 is 2. The lowest BCUT2D eigenvalue weighted by Gasteiger charge is -2.34. The smallest absolute Gasteiger partial charge is 0.289 e. The van der Waals surface area contributed by atoms with Crippen LogP contribution < -0.4 is 14.4 Å². The van der Waals surface area contributed by atoms with E-state index in [-0.39, 0.29) is 5.91 Å². The number of carbonyl (C=O) groups excluding carboxylic acids is 1. The average molecular weight is 399 g/mol. The molecule has 3 heterocycles. The van der Waals surface area contributed by atoms with Gasteiger partial charge in [-0.2, -0.15) is 0 Å². The molecule has 1 aliphatic heterocycles. The molecule has 1 aromatic carbocycles. The zero-order chi connectivity index (χ0) is 19.5. The second-order valence-corrected chi connectivity index (χ2v) is 7.17. The minimum Gasteiger partial charge on any atom is -0.497 e. The number of ether oxygens (including phenoxy) is 2. The van der Waals surface area contributed by atoms with Crippen molar-refractivity contribution in [3.8, 4) is 22.8 Å². The van der Waals surface area contributed by atoms with Crippen molar-refractivity contribution in [1.82, 2.24) is 9.88 Å². The number of anilines is 1. The van der Waals surface area contributed by atoms with Gasteiger partial charge < -0.3 is 23.7 Å². The number of rotatable bonds is 5. The Labute approximate surface area is 167 Å². The molecule has 0 spiro atoms. The lowest BCUT2D eigenvalue weighted by molar-refractivity contribution is 0.0714. The molecule has 3 aromatic rings. The van der Waals surface area contributed by atoms with E-state index in [4.69, 9.17) is 18.9 Å². The van der Waals surface area contributed by atoms with Crippen LogP contribution in [0.5, 0.6) is 11.5 Å². The van der Waals surface area contributed by atoms with Crippen molar-refractivity contribution in [2.24, 2.45) is 0 Å². The Balaban J connectivity index is 1.47. The van der Waals surface area contributed by atoms with E-state index in [2.05, 4.69) is 4.90 Å². The molecule has 1 fully saturated rings. The van der Waals surface area contributed by atoms with Gasteiger partial charge >= 0.3 is 0 Å². The van der Waals surface area contributed by atoms with Gasteiger partial charge in [-0.3, -0.25) is 4.79 Å². The molecule has 8 heteroatoms. The number of thiazole rings is 1. The predicted octanol–water partition coefficient (Wildman–Crippen LogP) is 3.38. The fraction of sp³-hybridized carbons (Fsp3) is 0.300. The summed E-state index contributed by atoms with van der Waals surface area (Å²) >= 11 is 1.59. The number of benzene rings is 1.